The lowest BCUT2D eigenvalue weighted by Gasteiger charge is -2.41. The van der Waals surface area contributed by atoms with Crippen molar-refractivity contribution in [1.29, 1.82) is 0 Å². The molecule has 12 nitrogen and oxygen atoms in total. The molecule has 2 aromatic carbocycles. The highest BCUT2D eigenvalue weighted by molar-refractivity contribution is 6.74. The summed E-state index contributed by atoms with van der Waals surface area (Å²) in [4.78, 5) is 0. The molecule has 8 atom stereocenters. The number of epoxide rings is 1. The molecule has 0 aliphatic carbocycles. The van der Waals surface area contributed by atoms with Crippen LogP contribution in [0.25, 0.3) is 0 Å². The average molecular weight is 767 g/mol. The molecule has 3 aliphatic rings. The highest BCUT2D eigenvalue weighted by atomic mass is 28.4. The zero-order chi connectivity index (χ0) is 39.1. The van der Waals surface area contributed by atoms with Gasteiger partial charge in [-0.2, -0.15) is 0 Å². The number of aliphatic hydroxyl groups excluding tert-OH is 3. The molecule has 0 spiro atoms. The second-order valence-corrected chi connectivity index (χ2v) is 26.4. The van der Waals surface area contributed by atoms with Crippen molar-refractivity contribution in [2.45, 2.75) is 127 Å². The maximum absolute atomic E-state index is 10.5. The van der Waals surface area contributed by atoms with Crippen LogP contribution in [-0.4, -0.2) is 121 Å². The molecule has 6 N–H and O–H groups in total. The van der Waals surface area contributed by atoms with Gasteiger partial charge >= 0.3 is 0 Å². The number of nitrogens with two attached hydrogens (primary N) is 1. The first-order valence-electron chi connectivity index (χ1n) is 18.1. The molecule has 0 amide bonds. The topological polar surface area (TPSA) is 167 Å². The number of anilines is 2. The normalized spacial score (nSPS) is 27.5. The summed E-state index contributed by atoms with van der Waals surface area (Å²) in [7, 11) is -0.465. The lowest BCUT2D eigenvalue weighted by molar-refractivity contribution is -0.151. The fourth-order valence-electron chi connectivity index (χ4n) is 5.00. The van der Waals surface area contributed by atoms with Crippen LogP contribution in [0.5, 0.6) is 11.5 Å². The number of nitrogen functional groups attached to an aromatic ring is 1. The van der Waals surface area contributed by atoms with Gasteiger partial charge in [0.25, 0.3) is 0 Å². The largest absolute Gasteiger partial charge is 0.497 e. The minimum absolute atomic E-state index is 0.0169. The van der Waals surface area contributed by atoms with Crippen LogP contribution in [0, 0.1) is 0 Å². The predicted octanol–water partition coefficient (Wildman–Crippen LogP) is 5.43. The van der Waals surface area contributed by atoms with Gasteiger partial charge in [-0.15, -0.1) is 0 Å². The van der Waals surface area contributed by atoms with Crippen LogP contribution in [0.4, 0.5) is 11.4 Å². The van der Waals surface area contributed by atoms with E-state index in [1.807, 2.05) is 42.5 Å². The third kappa shape index (κ3) is 12.4. The van der Waals surface area contributed by atoms with Gasteiger partial charge in [0.1, 0.15) is 54.2 Å². The van der Waals surface area contributed by atoms with Crippen molar-refractivity contribution in [3.63, 3.8) is 0 Å². The number of hydrogen-bond acceptors (Lipinski definition) is 12. The Kier molecular flexibility index (Phi) is 15.6. The fraction of sp³-hybridized carbons (Fsp3) is 0.684. The Hall–Kier alpha value is -2.25. The molecule has 52 heavy (non-hydrogen) atoms. The van der Waals surface area contributed by atoms with E-state index >= 15 is 0 Å². The van der Waals surface area contributed by atoms with Gasteiger partial charge in [0, 0.05) is 23.5 Å². The van der Waals surface area contributed by atoms with Crippen LogP contribution in [0.3, 0.4) is 0 Å². The molecule has 0 bridgehead atoms. The quantitative estimate of drug-likeness (QED) is 0.118. The number of hydrogen-bond donors (Lipinski definition) is 5. The zero-order valence-electron chi connectivity index (χ0n) is 33.3. The SMILES string of the molecule is CC(C)(C)[Si](C)(C)OC[C@@H]1OC[C@H]2O[C@H]2[C@H]1O.COc1cccc(N)c1.COc1cccc(N[C@H]2CO[C@@H](CO[Si](C)(C)C(C)(C)C)[C@H](O)[C@@H]2O)c1. The maximum Gasteiger partial charge on any atom is 0.192 e. The number of nitrogens with one attached hydrogen (secondary N) is 1. The Labute approximate surface area is 313 Å². The predicted molar refractivity (Wildman–Crippen MR) is 210 cm³/mol. The Morgan fingerprint density at radius 3 is 1.73 bits per heavy atom. The van der Waals surface area contributed by atoms with E-state index in [1.54, 1.807) is 20.3 Å². The smallest absolute Gasteiger partial charge is 0.192 e. The Balaban J connectivity index is 0.000000238. The van der Waals surface area contributed by atoms with Crippen molar-refractivity contribution in [2.75, 3.05) is 51.7 Å². The molecule has 3 saturated heterocycles. The van der Waals surface area contributed by atoms with E-state index in [9.17, 15) is 15.3 Å². The number of aliphatic hydroxyl groups is 3. The Morgan fingerprint density at radius 1 is 0.731 bits per heavy atom. The Morgan fingerprint density at radius 2 is 1.23 bits per heavy atom. The zero-order valence-corrected chi connectivity index (χ0v) is 35.3. The Bertz CT molecular complexity index is 1390. The monoisotopic (exact) mass is 766 g/mol. The van der Waals surface area contributed by atoms with Gasteiger partial charge in [0.15, 0.2) is 16.6 Å². The van der Waals surface area contributed by atoms with Crippen molar-refractivity contribution >= 4 is 28.0 Å². The number of benzene rings is 2. The minimum Gasteiger partial charge on any atom is -0.497 e. The molecule has 3 fully saturated rings. The van der Waals surface area contributed by atoms with Gasteiger partial charge in [-0.25, -0.2) is 0 Å². The summed E-state index contributed by atoms with van der Waals surface area (Å²) in [5.41, 5.74) is 6.99. The summed E-state index contributed by atoms with van der Waals surface area (Å²) >= 11 is 0. The number of methoxy groups -OCH3 is 2. The van der Waals surface area contributed by atoms with Crippen molar-refractivity contribution in [3.05, 3.63) is 48.5 Å². The molecule has 0 saturated carbocycles. The molecule has 0 aromatic heterocycles. The van der Waals surface area contributed by atoms with Crippen LogP contribution in [-0.2, 0) is 23.1 Å². The number of rotatable bonds is 10. The first-order valence-corrected chi connectivity index (χ1v) is 23.9. The van der Waals surface area contributed by atoms with Gasteiger partial charge in [0.2, 0.25) is 0 Å². The fourth-order valence-corrected chi connectivity index (χ4v) is 7.03. The van der Waals surface area contributed by atoms with Crippen LogP contribution in [0.2, 0.25) is 36.3 Å². The van der Waals surface area contributed by atoms with Crippen molar-refractivity contribution in [2.24, 2.45) is 0 Å². The van der Waals surface area contributed by atoms with Crippen LogP contribution >= 0.6 is 0 Å². The van der Waals surface area contributed by atoms with Crippen LogP contribution in [0.1, 0.15) is 41.5 Å². The first-order chi connectivity index (χ1) is 24.1. The van der Waals surface area contributed by atoms with Gasteiger partial charge in [-0.3, -0.25) is 0 Å². The summed E-state index contributed by atoms with van der Waals surface area (Å²) in [5, 5.41) is 34.4. The van der Waals surface area contributed by atoms with Gasteiger partial charge < -0.3 is 58.9 Å². The van der Waals surface area contributed by atoms with Gasteiger partial charge in [-0.1, -0.05) is 53.7 Å². The van der Waals surface area contributed by atoms with E-state index in [0.717, 1.165) is 22.9 Å². The van der Waals surface area contributed by atoms with Gasteiger partial charge in [-0.05, 0) is 60.5 Å². The van der Waals surface area contributed by atoms with Gasteiger partial charge in [0.05, 0.1) is 46.7 Å². The highest BCUT2D eigenvalue weighted by Crippen LogP contribution is 2.39. The summed E-state index contributed by atoms with van der Waals surface area (Å²) < 4.78 is 39.0. The third-order valence-electron chi connectivity index (χ3n) is 10.8. The minimum atomic E-state index is -1.93. The number of fused-ring (bicyclic) bond motifs is 1. The second kappa shape index (κ2) is 18.4. The van der Waals surface area contributed by atoms with Crippen molar-refractivity contribution < 1.29 is 47.9 Å². The number of ether oxygens (including phenoxy) is 5. The third-order valence-corrected chi connectivity index (χ3v) is 19.8. The standard InChI is InChI=1S/C19H33NO5Si.C12H24O4Si.C7H9NO/c1-19(2,3)26(5,6)25-12-16-18(22)17(21)15(11-24-16)20-13-8-7-9-14(10-13)23-4;1-12(2,3)17(4,5)15-7-8-10(13)11-9(16-11)6-14-8;1-9-7-4-2-3-6(8)5-7/h7-10,15-18,20-22H,11-12H2,1-6H3;8-11,13H,6-7H2,1-5H3;2-5H,8H2,1H3/t15-,16-,17+,18-;8-,9+,10-,11+;/m00./s1. The molecular weight excluding hydrogens is 701 g/mol. The van der Waals surface area contributed by atoms with Crippen molar-refractivity contribution in [3.8, 4) is 11.5 Å². The molecule has 5 rings (SSSR count). The molecule has 3 heterocycles. The summed E-state index contributed by atoms with van der Waals surface area (Å²) in [5.74, 6) is 1.53. The van der Waals surface area contributed by atoms with E-state index in [4.69, 9.17) is 38.3 Å². The molecule has 3 aliphatic heterocycles. The van der Waals surface area contributed by atoms with Crippen molar-refractivity contribution in [1.82, 2.24) is 0 Å². The van der Waals surface area contributed by atoms with E-state index < -0.39 is 47.1 Å². The van der Waals surface area contributed by atoms with Crippen LogP contribution in [0.15, 0.2) is 48.5 Å². The summed E-state index contributed by atoms with van der Waals surface area (Å²) in [6.07, 6.45) is -3.13. The summed E-state index contributed by atoms with van der Waals surface area (Å²) in [6.45, 7) is 23.5. The summed E-state index contributed by atoms with van der Waals surface area (Å²) in [6, 6.07) is 14.3. The second-order valence-electron chi connectivity index (χ2n) is 16.8. The molecule has 0 unspecified atom stereocenters. The molecule has 296 valence electrons. The average Bonchev–Trinajstić information content (AvgIpc) is 3.87. The molecule has 0 radical (unpaired) electrons. The lowest BCUT2D eigenvalue weighted by Crippen LogP contribution is -2.57. The van der Waals surface area contributed by atoms with E-state index in [-0.39, 0.29) is 28.4 Å². The maximum atomic E-state index is 10.5. The molecular formula is C38H66N2O10Si2. The molecule has 14 heteroatoms. The van der Waals surface area contributed by atoms with E-state index in [2.05, 4.69) is 73.0 Å². The van der Waals surface area contributed by atoms with E-state index in [1.165, 1.54) is 0 Å². The first kappa shape index (κ1) is 44.2. The highest BCUT2D eigenvalue weighted by Gasteiger charge is 2.52. The van der Waals surface area contributed by atoms with Crippen LogP contribution < -0.4 is 20.5 Å². The van der Waals surface area contributed by atoms with E-state index in [0.29, 0.717) is 26.4 Å². The lowest BCUT2D eigenvalue weighted by atomic mass is 9.98. The molecule has 2 aromatic rings.